The Kier molecular flexibility index (Phi) is 6.38. The maximum Gasteiger partial charge on any atom is 0.159 e. The van der Waals surface area contributed by atoms with Gasteiger partial charge in [0.1, 0.15) is 0 Å². The third-order valence-electron chi connectivity index (χ3n) is 2.92. The first-order valence-corrected chi connectivity index (χ1v) is 6.70. The molecular formula is C15H24F2N2. The van der Waals surface area contributed by atoms with Gasteiger partial charge in [0.15, 0.2) is 11.6 Å². The molecule has 1 N–H and O–H groups in total. The second kappa shape index (κ2) is 7.56. The van der Waals surface area contributed by atoms with E-state index in [2.05, 4.69) is 24.1 Å². The minimum absolute atomic E-state index is 0.350. The van der Waals surface area contributed by atoms with Crippen LogP contribution in [0.4, 0.5) is 8.78 Å². The summed E-state index contributed by atoms with van der Waals surface area (Å²) in [5, 5.41) is 3.41. The molecule has 1 aromatic carbocycles. The zero-order valence-electron chi connectivity index (χ0n) is 12.2. The Hall–Kier alpha value is -1.00. The van der Waals surface area contributed by atoms with Crippen molar-refractivity contribution in [1.29, 1.82) is 0 Å². The molecule has 1 rings (SSSR count). The average molecular weight is 270 g/mol. The minimum Gasteiger partial charge on any atom is -0.309 e. The van der Waals surface area contributed by atoms with Gasteiger partial charge in [-0.2, -0.15) is 0 Å². The number of hydrogen-bond donors (Lipinski definition) is 1. The van der Waals surface area contributed by atoms with E-state index >= 15 is 0 Å². The molecule has 0 aliphatic carbocycles. The fraction of sp³-hybridized carbons (Fsp3) is 0.600. The lowest BCUT2D eigenvalue weighted by Crippen LogP contribution is -2.38. The Bertz CT molecular complexity index is 382. The summed E-state index contributed by atoms with van der Waals surface area (Å²) in [6.07, 6.45) is 1.06. The predicted octanol–water partition coefficient (Wildman–Crippen LogP) is 3.03. The Labute approximate surface area is 114 Å². The van der Waals surface area contributed by atoms with Crippen LogP contribution in [0.5, 0.6) is 0 Å². The lowest BCUT2D eigenvalue weighted by molar-refractivity contribution is 0.305. The van der Waals surface area contributed by atoms with E-state index in [9.17, 15) is 8.78 Å². The van der Waals surface area contributed by atoms with Crippen molar-refractivity contribution in [2.75, 3.05) is 20.6 Å². The van der Waals surface area contributed by atoms with Gasteiger partial charge < -0.3 is 10.2 Å². The highest BCUT2D eigenvalue weighted by Gasteiger charge is 2.12. The molecule has 0 saturated heterocycles. The van der Waals surface area contributed by atoms with E-state index in [-0.39, 0.29) is 0 Å². The van der Waals surface area contributed by atoms with Gasteiger partial charge in [-0.25, -0.2) is 8.78 Å². The first-order valence-electron chi connectivity index (χ1n) is 6.70. The quantitative estimate of drug-likeness (QED) is 0.819. The summed E-state index contributed by atoms with van der Waals surface area (Å²) in [7, 11) is 4.07. The molecule has 1 unspecified atom stereocenters. The van der Waals surface area contributed by atoms with Crippen LogP contribution >= 0.6 is 0 Å². The molecule has 108 valence electrons. The van der Waals surface area contributed by atoms with E-state index in [1.807, 2.05) is 14.1 Å². The molecule has 19 heavy (non-hydrogen) atoms. The highest BCUT2D eigenvalue weighted by molar-refractivity contribution is 5.17. The molecule has 0 aliphatic rings. The molecule has 0 amide bonds. The molecule has 0 bridgehead atoms. The van der Waals surface area contributed by atoms with Crippen molar-refractivity contribution in [2.45, 2.75) is 32.9 Å². The smallest absolute Gasteiger partial charge is 0.159 e. The number of benzene rings is 1. The van der Waals surface area contributed by atoms with Crippen LogP contribution < -0.4 is 5.32 Å². The number of halogens is 2. The zero-order valence-corrected chi connectivity index (χ0v) is 12.2. The molecule has 0 spiro atoms. The third-order valence-corrected chi connectivity index (χ3v) is 2.92. The molecule has 2 nitrogen and oxygen atoms in total. The monoisotopic (exact) mass is 270 g/mol. The summed E-state index contributed by atoms with van der Waals surface area (Å²) in [6.45, 7) is 5.86. The van der Waals surface area contributed by atoms with Crippen LogP contribution in [0.2, 0.25) is 0 Å². The molecule has 0 radical (unpaired) electrons. The van der Waals surface area contributed by atoms with E-state index in [0.29, 0.717) is 18.5 Å². The highest BCUT2D eigenvalue weighted by atomic mass is 19.2. The van der Waals surface area contributed by atoms with Crippen molar-refractivity contribution >= 4 is 0 Å². The van der Waals surface area contributed by atoms with Crippen LogP contribution in [-0.4, -0.2) is 31.6 Å². The lowest BCUT2D eigenvalue weighted by Gasteiger charge is -2.24. The molecule has 1 atom stereocenters. The number of hydrogen-bond acceptors (Lipinski definition) is 2. The first-order chi connectivity index (χ1) is 8.88. The number of nitrogens with zero attached hydrogens (tertiary/aromatic N) is 1. The normalized spacial score (nSPS) is 13.3. The molecule has 0 fully saturated rings. The second-order valence-electron chi connectivity index (χ2n) is 5.72. The van der Waals surface area contributed by atoms with Crippen LogP contribution in [-0.2, 0) is 6.54 Å². The predicted molar refractivity (Wildman–Crippen MR) is 75.0 cm³/mol. The van der Waals surface area contributed by atoms with Gasteiger partial charge in [-0.1, -0.05) is 19.9 Å². The number of rotatable bonds is 7. The Morgan fingerprint density at radius 3 is 2.37 bits per heavy atom. The fourth-order valence-corrected chi connectivity index (χ4v) is 2.14. The molecule has 4 heteroatoms. The molecule has 0 heterocycles. The van der Waals surface area contributed by atoms with Crippen LogP contribution in [0.3, 0.4) is 0 Å². The maximum atomic E-state index is 13.1. The van der Waals surface area contributed by atoms with Gasteiger partial charge in [-0.3, -0.25) is 0 Å². The summed E-state index contributed by atoms with van der Waals surface area (Å²) in [4.78, 5) is 2.13. The standard InChI is InChI=1S/C15H24F2N2/c1-11(2)7-13(10-19(3)4)18-9-12-5-6-14(16)15(17)8-12/h5-6,8,11,13,18H,7,9-10H2,1-4H3. The summed E-state index contributed by atoms with van der Waals surface area (Å²) < 4.78 is 26.0. The molecule has 0 aromatic heterocycles. The second-order valence-corrected chi connectivity index (χ2v) is 5.72. The minimum atomic E-state index is -0.796. The molecule has 0 saturated carbocycles. The molecule has 0 aliphatic heterocycles. The highest BCUT2D eigenvalue weighted by Crippen LogP contribution is 2.10. The largest absolute Gasteiger partial charge is 0.309 e. The average Bonchev–Trinajstić information content (AvgIpc) is 2.29. The summed E-state index contributed by atoms with van der Waals surface area (Å²) in [5.74, 6) is -0.981. The fourth-order valence-electron chi connectivity index (χ4n) is 2.14. The van der Waals surface area contributed by atoms with Gasteiger partial charge >= 0.3 is 0 Å². The number of likely N-dealkylation sites (N-methyl/N-ethyl adjacent to an activating group) is 1. The van der Waals surface area contributed by atoms with Crippen LogP contribution in [0.1, 0.15) is 25.8 Å². The van der Waals surface area contributed by atoms with Crippen LogP contribution in [0, 0.1) is 17.6 Å². The Morgan fingerprint density at radius 1 is 1.16 bits per heavy atom. The van der Waals surface area contributed by atoms with Crippen LogP contribution in [0.25, 0.3) is 0 Å². The Morgan fingerprint density at radius 2 is 1.84 bits per heavy atom. The number of nitrogens with one attached hydrogen (secondary N) is 1. The lowest BCUT2D eigenvalue weighted by atomic mass is 10.0. The maximum absolute atomic E-state index is 13.1. The SMILES string of the molecule is CC(C)CC(CN(C)C)NCc1ccc(F)c(F)c1. The van der Waals surface area contributed by atoms with Gasteiger partial charge in [-0.15, -0.1) is 0 Å². The van der Waals surface area contributed by atoms with E-state index < -0.39 is 11.6 Å². The summed E-state index contributed by atoms with van der Waals surface area (Å²) in [6, 6.07) is 4.40. The summed E-state index contributed by atoms with van der Waals surface area (Å²) in [5.41, 5.74) is 0.770. The van der Waals surface area contributed by atoms with Gasteiger partial charge in [-0.05, 0) is 44.1 Å². The van der Waals surface area contributed by atoms with Crippen molar-refractivity contribution in [1.82, 2.24) is 10.2 Å². The topological polar surface area (TPSA) is 15.3 Å². The third kappa shape index (κ3) is 6.12. The van der Waals surface area contributed by atoms with Crippen molar-refractivity contribution in [3.05, 3.63) is 35.4 Å². The molecule has 1 aromatic rings. The van der Waals surface area contributed by atoms with E-state index in [4.69, 9.17) is 0 Å². The molecular weight excluding hydrogens is 246 g/mol. The van der Waals surface area contributed by atoms with E-state index in [1.54, 1.807) is 6.07 Å². The van der Waals surface area contributed by atoms with E-state index in [0.717, 1.165) is 18.5 Å². The van der Waals surface area contributed by atoms with E-state index in [1.165, 1.54) is 12.1 Å². The van der Waals surface area contributed by atoms with Crippen molar-refractivity contribution in [3.8, 4) is 0 Å². The van der Waals surface area contributed by atoms with Crippen molar-refractivity contribution in [2.24, 2.45) is 5.92 Å². The van der Waals surface area contributed by atoms with Crippen LogP contribution in [0.15, 0.2) is 18.2 Å². The van der Waals surface area contributed by atoms with Gasteiger partial charge in [0.2, 0.25) is 0 Å². The van der Waals surface area contributed by atoms with Gasteiger partial charge in [0.05, 0.1) is 0 Å². The summed E-state index contributed by atoms with van der Waals surface area (Å²) >= 11 is 0. The first kappa shape index (κ1) is 16.1. The van der Waals surface area contributed by atoms with Gasteiger partial charge in [0.25, 0.3) is 0 Å². The van der Waals surface area contributed by atoms with Crippen molar-refractivity contribution < 1.29 is 8.78 Å². The zero-order chi connectivity index (χ0) is 14.4. The Balaban J connectivity index is 2.56. The van der Waals surface area contributed by atoms with Crippen molar-refractivity contribution in [3.63, 3.8) is 0 Å². The van der Waals surface area contributed by atoms with Gasteiger partial charge in [0, 0.05) is 19.1 Å².